The summed E-state index contributed by atoms with van der Waals surface area (Å²) < 4.78 is 0. The Morgan fingerprint density at radius 3 is 2.78 bits per heavy atom. The molecule has 0 aromatic carbocycles. The third-order valence-corrected chi connectivity index (χ3v) is 2.43. The van der Waals surface area contributed by atoms with Crippen LogP contribution in [0.2, 0.25) is 0 Å². The van der Waals surface area contributed by atoms with Crippen molar-refractivity contribution in [1.29, 1.82) is 0 Å². The lowest BCUT2D eigenvalue weighted by Gasteiger charge is -2.08. The van der Waals surface area contributed by atoms with E-state index >= 15 is 0 Å². The summed E-state index contributed by atoms with van der Waals surface area (Å²) in [7, 11) is 0. The number of aromatic nitrogens is 5. The maximum absolute atomic E-state index is 11.8. The summed E-state index contributed by atoms with van der Waals surface area (Å²) in [5.74, 6) is -0.0435. The van der Waals surface area contributed by atoms with Gasteiger partial charge in [-0.05, 0) is 19.9 Å². The van der Waals surface area contributed by atoms with Crippen LogP contribution in [0.3, 0.4) is 0 Å². The molecule has 8 heteroatoms. The Morgan fingerprint density at radius 2 is 2.22 bits per heavy atom. The molecule has 1 unspecified atom stereocenters. The largest absolute Gasteiger partial charge is 0.356 e. The van der Waals surface area contributed by atoms with Crippen molar-refractivity contribution in [3.63, 3.8) is 0 Å². The SMILES string of the molecule is CC(=O)c1c[nH]c(C(=O)NC(C)c2nn[nH]n2)c1. The second-order valence-corrected chi connectivity index (χ2v) is 3.82. The Hall–Kier alpha value is -2.51. The summed E-state index contributed by atoms with van der Waals surface area (Å²) in [5, 5.41) is 15.9. The second-order valence-electron chi connectivity index (χ2n) is 3.82. The molecule has 18 heavy (non-hydrogen) atoms. The summed E-state index contributed by atoms with van der Waals surface area (Å²) in [5.41, 5.74) is 0.780. The average Bonchev–Trinajstić information content (AvgIpc) is 3.00. The monoisotopic (exact) mass is 248 g/mol. The number of Topliss-reactive ketones (excluding diaryl/α,β-unsaturated/α-hetero) is 1. The maximum atomic E-state index is 11.8. The topological polar surface area (TPSA) is 116 Å². The molecule has 94 valence electrons. The summed E-state index contributed by atoms with van der Waals surface area (Å²) >= 11 is 0. The van der Waals surface area contributed by atoms with Crippen LogP contribution >= 0.6 is 0 Å². The van der Waals surface area contributed by atoms with Gasteiger partial charge in [-0.2, -0.15) is 5.21 Å². The van der Waals surface area contributed by atoms with Crippen LogP contribution in [-0.2, 0) is 0 Å². The average molecular weight is 248 g/mol. The van der Waals surface area contributed by atoms with Crippen molar-refractivity contribution in [3.05, 3.63) is 29.3 Å². The van der Waals surface area contributed by atoms with Gasteiger partial charge < -0.3 is 10.3 Å². The molecule has 0 spiro atoms. The molecule has 1 atom stereocenters. The summed E-state index contributed by atoms with van der Waals surface area (Å²) in [6.07, 6.45) is 1.50. The number of nitrogens with one attached hydrogen (secondary N) is 3. The Balaban J connectivity index is 2.05. The van der Waals surface area contributed by atoms with Crippen LogP contribution in [0.4, 0.5) is 0 Å². The van der Waals surface area contributed by atoms with Gasteiger partial charge in [-0.25, -0.2) is 0 Å². The number of carbonyl (C=O) groups is 2. The van der Waals surface area contributed by atoms with Crippen LogP contribution in [-0.4, -0.2) is 37.3 Å². The van der Waals surface area contributed by atoms with Gasteiger partial charge in [-0.15, -0.1) is 10.2 Å². The van der Waals surface area contributed by atoms with Gasteiger partial charge in [0.2, 0.25) is 0 Å². The van der Waals surface area contributed by atoms with Crippen LogP contribution in [0.1, 0.15) is 46.6 Å². The fourth-order valence-electron chi connectivity index (χ4n) is 1.42. The number of aromatic amines is 2. The van der Waals surface area contributed by atoms with Crippen molar-refractivity contribution in [2.24, 2.45) is 0 Å². The Morgan fingerprint density at radius 1 is 1.44 bits per heavy atom. The number of amides is 1. The number of hydrogen-bond acceptors (Lipinski definition) is 5. The van der Waals surface area contributed by atoms with E-state index in [0.29, 0.717) is 17.1 Å². The smallest absolute Gasteiger partial charge is 0.268 e. The van der Waals surface area contributed by atoms with E-state index in [1.807, 2.05) is 0 Å². The van der Waals surface area contributed by atoms with Gasteiger partial charge in [0.15, 0.2) is 11.6 Å². The number of hydrogen-bond donors (Lipinski definition) is 3. The number of rotatable bonds is 4. The predicted molar refractivity (Wildman–Crippen MR) is 60.9 cm³/mol. The second kappa shape index (κ2) is 4.78. The number of H-pyrrole nitrogens is 2. The van der Waals surface area contributed by atoms with Crippen molar-refractivity contribution in [3.8, 4) is 0 Å². The van der Waals surface area contributed by atoms with Crippen molar-refractivity contribution < 1.29 is 9.59 Å². The van der Waals surface area contributed by atoms with Crippen molar-refractivity contribution in [1.82, 2.24) is 30.9 Å². The van der Waals surface area contributed by atoms with E-state index in [-0.39, 0.29) is 17.7 Å². The molecule has 2 heterocycles. The molecule has 0 aliphatic carbocycles. The van der Waals surface area contributed by atoms with E-state index in [0.717, 1.165) is 0 Å². The van der Waals surface area contributed by atoms with Gasteiger partial charge in [-0.1, -0.05) is 5.21 Å². The van der Waals surface area contributed by atoms with Gasteiger partial charge in [-0.3, -0.25) is 9.59 Å². The van der Waals surface area contributed by atoms with E-state index in [4.69, 9.17) is 0 Å². The van der Waals surface area contributed by atoms with Crippen LogP contribution in [0.25, 0.3) is 0 Å². The summed E-state index contributed by atoms with van der Waals surface area (Å²) in [6, 6.07) is 1.13. The third-order valence-electron chi connectivity index (χ3n) is 2.43. The highest BCUT2D eigenvalue weighted by atomic mass is 16.2. The lowest BCUT2D eigenvalue weighted by Crippen LogP contribution is -2.27. The van der Waals surface area contributed by atoms with Crippen LogP contribution in [0.5, 0.6) is 0 Å². The van der Waals surface area contributed by atoms with E-state index in [1.165, 1.54) is 19.2 Å². The first-order chi connectivity index (χ1) is 8.58. The highest BCUT2D eigenvalue weighted by Gasteiger charge is 2.16. The van der Waals surface area contributed by atoms with E-state index in [1.54, 1.807) is 6.92 Å². The number of carbonyl (C=O) groups excluding carboxylic acids is 2. The Labute approximate surface area is 102 Å². The normalized spacial score (nSPS) is 12.1. The molecule has 8 nitrogen and oxygen atoms in total. The minimum atomic E-state index is -0.375. The third kappa shape index (κ3) is 2.42. The van der Waals surface area contributed by atoms with Gasteiger partial charge in [0.1, 0.15) is 5.69 Å². The van der Waals surface area contributed by atoms with Crippen molar-refractivity contribution in [2.45, 2.75) is 19.9 Å². The molecular weight excluding hydrogens is 236 g/mol. The molecule has 0 aliphatic heterocycles. The first-order valence-corrected chi connectivity index (χ1v) is 5.31. The minimum absolute atomic E-state index is 0.100. The number of ketones is 1. The van der Waals surface area contributed by atoms with E-state index < -0.39 is 0 Å². The molecule has 3 N–H and O–H groups in total. The number of tetrazole rings is 1. The molecule has 2 aromatic heterocycles. The molecule has 0 aliphatic rings. The molecule has 2 rings (SSSR count). The van der Waals surface area contributed by atoms with E-state index in [2.05, 4.69) is 30.9 Å². The zero-order valence-electron chi connectivity index (χ0n) is 9.89. The standard InChI is InChI=1S/C10H12N6O2/c1-5(9-13-15-16-14-9)12-10(18)8-3-7(4-11-8)6(2)17/h3-5,11H,1-2H3,(H,12,18)(H,13,14,15,16). The molecule has 2 aromatic rings. The fraction of sp³-hybridized carbons (Fsp3) is 0.300. The molecule has 0 fully saturated rings. The zero-order valence-corrected chi connectivity index (χ0v) is 9.89. The van der Waals surface area contributed by atoms with Gasteiger partial charge in [0, 0.05) is 11.8 Å². The van der Waals surface area contributed by atoms with Crippen LogP contribution in [0.15, 0.2) is 12.3 Å². The molecular formula is C10H12N6O2. The minimum Gasteiger partial charge on any atom is -0.356 e. The van der Waals surface area contributed by atoms with Crippen LogP contribution < -0.4 is 5.32 Å². The highest BCUT2D eigenvalue weighted by Crippen LogP contribution is 2.08. The highest BCUT2D eigenvalue weighted by molar-refractivity contribution is 5.99. The van der Waals surface area contributed by atoms with Crippen molar-refractivity contribution in [2.75, 3.05) is 0 Å². The van der Waals surface area contributed by atoms with Crippen molar-refractivity contribution >= 4 is 11.7 Å². The zero-order chi connectivity index (χ0) is 13.1. The van der Waals surface area contributed by atoms with Crippen LogP contribution in [0, 0.1) is 0 Å². The fourth-order valence-corrected chi connectivity index (χ4v) is 1.42. The molecule has 1 amide bonds. The lowest BCUT2D eigenvalue weighted by molar-refractivity contribution is 0.0933. The lowest BCUT2D eigenvalue weighted by atomic mass is 10.2. The van der Waals surface area contributed by atoms with Gasteiger partial charge >= 0.3 is 0 Å². The quantitative estimate of drug-likeness (QED) is 0.669. The maximum Gasteiger partial charge on any atom is 0.268 e. The van der Waals surface area contributed by atoms with Gasteiger partial charge in [0.05, 0.1) is 6.04 Å². The Kier molecular flexibility index (Phi) is 3.18. The summed E-state index contributed by atoms with van der Waals surface area (Å²) in [4.78, 5) is 25.7. The molecule has 0 radical (unpaired) electrons. The first kappa shape index (κ1) is 12.0. The molecule has 0 bridgehead atoms. The Bertz CT molecular complexity index is 559. The predicted octanol–water partition coefficient (Wildman–Crippen LogP) is 0.221. The van der Waals surface area contributed by atoms with Gasteiger partial charge in [0.25, 0.3) is 5.91 Å². The summed E-state index contributed by atoms with van der Waals surface area (Å²) in [6.45, 7) is 3.17. The van der Waals surface area contributed by atoms with E-state index in [9.17, 15) is 9.59 Å². The molecule has 0 saturated heterocycles. The number of nitrogens with zero attached hydrogens (tertiary/aromatic N) is 3. The first-order valence-electron chi connectivity index (χ1n) is 5.31. The molecule has 0 saturated carbocycles.